The van der Waals surface area contributed by atoms with Crippen LogP contribution in [-0.4, -0.2) is 23.8 Å². The number of fused-ring (bicyclic) bond motifs is 1. The van der Waals surface area contributed by atoms with Gasteiger partial charge in [0.1, 0.15) is 13.2 Å². The first-order chi connectivity index (χ1) is 10.7. The fraction of sp³-hybridized carbons (Fsp3) is 0.235. The van der Waals surface area contributed by atoms with Gasteiger partial charge in [0.2, 0.25) is 0 Å². The highest BCUT2D eigenvalue weighted by Crippen LogP contribution is 2.36. The molecule has 0 spiro atoms. The Morgan fingerprint density at radius 3 is 2.36 bits per heavy atom. The molecule has 0 bridgehead atoms. The average molecular weight is 426 g/mol. The third kappa shape index (κ3) is 3.20. The van der Waals surface area contributed by atoms with Crippen molar-refractivity contribution in [3.05, 3.63) is 59.7 Å². The molecule has 0 amide bonds. The summed E-state index contributed by atoms with van der Waals surface area (Å²) in [4.78, 5) is 12.2. The lowest BCUT2D eigenvalue weighted by Crippen LogP contribution is -2.20. The first-order valence-electron chi connectivity index (χ1n) is 6.94. The van der Waals surface area contributed by atoms with Crippen LogP contribution in [0.15, 0.2) is 48.5 Å². The van der Waals surface area contributed by atoms with E-state index in [2.05, 4.69) is 31.9 Å². The number of benzene rings is 2. The molecule has 22 heavy (non-hydrogen) atoms. The van der Waals surface area contributed by atoms with E-state index in [9.17, 15) is 4.79 Å². The highest BCUT2D eigenvalue weighted by Gasteiger charge is 2.27. The molecular weight excluding hydrogens is 412 g/mol. The molecule has 114 valence electrons. The van der Waals surface area contributed by atoms with E-state index < -0.39 is 0 Å². The number of carbonyl (C=O) groups excluding carboxylic acids is 1. The lowest BCUT2D eigenvalue weighted by Gasteiger charge is -2.20. The highest BCUT2D eigenvalue weighted by atomic mass is 79.9. The second-order valence-electron chi connectivity index (χ2n) is 4.94. The van der Waals surface area contributed by atoms with Gasteiger partial charge in [0.15, 0.2) is 17.3 Å². The van der Waals surface area contributed by atoms with E-state index >= 15 is 0 Å². The van der Waals surface area contributed by atoms with Crippen molar-refractivity contribution in [2.75, 3.05) is 13.2 Å². The van der Waals surface area contributed by atoms with Crippen molar-refractivity contribution >= 4 is 37.6 Å². The third-order valence-corrected chi connectivity index (χ3v) is 6.16. The predicted octanol–water partition coefficient (Wildman–Crippen LogP) is 4.54. The molecule has 3 rings (SSSR count). The average Bonchev–Trinajstić information content (AvgIpc) is 2.60. The number of alkyl halides is 2. The molecule has 0 N–H and O–H groups in total. The van der Waals surface area contributed by atoms with Gasteiger partial charge in [-0.3, -0.25) is 4.79 Å². The quantitative estimate of drug-likeness (QED) is 0.532. The maximum Gasteiger partial charge on any atom is 0.178 e. The molecule has 0 fully saturated rings. The van der Waals surface area contributed by atoms with Crippen LogP contribution in [0.2, 0.25) is 0 Å². The fourth-order valence-electron chi connectivity index (χ4n) is 2.29. The molecule has 0 aromatic heterocycles. The maximum absolute atomic E-state index is 12.7. The number of Topliss-reactive ketones (excluding diaryl/α,β-unsaturated/α-hetero) is 1. The first-order valence-corrected chi connectivity index (χ1v) is 8.77. The summed E-state index contributed by atoms with van der Waals surface area (Å²) in [5.41, 5.74) is 1.65. The van der Waals surface area contributed by atoms with Crippen molar-refractivity contribution in [3.63, 3.8) is 0 Å². The van der Waals surface area contributed by atoms with Gasteiger partial charge in [-0.05, 0) is 23.8 Å². The maximum atomic E-state index is 12.7. The largest absolute Gasteiger partial charge is 0.486 e. The monoisotopic (exact) mass is 424 g/mol. The number of ether oxygens (including phenoxy) is 2. The van der Waals surface area contributed by atoms with Crippen molar-refractivity contribution in [2.24, 2.45) is 0 Å². The normalized spacial score (nSPS) is 15.9. The summed E-state index contributed by atoms with van der Waals surface area (Å²) in [5, 5.41) is 0. The van der Waals surface area contributed by atoms with E-state index in [4.69, 9.17) is 9.47 Å². The van der Waals surface area contributed by atoms with E-state index in [1.54, 1.807) is 18.2 Å². The van der Waals surface area contributed by atoms with Crippen molar-refractivity contribution in [1.82, 2.24) is 0 Å². The zero-order chi connectivity index (χ0) is 15.5. The smallest absolute Gasteiger partial charge is 0.178 e. The number of hydrogen-bond acceptors (Lipinski definition) is 3. The van der Waals surface area contributed by atoms with Crippen molar-refractivity contribution in [2.45, 2.75) is 9.65 Å². The zero-order valence-electron chi connectivity index (χ0n) is 11.7. The molecule has 1 aliphatic heterocycles. The number of ketones is 1. The van der Waals surface area contributed by atoms with Gasteiger partial charge in [-0.1, -0.05) is 62.2 Å². The van der Waals surface area contributed by atoms with Gasteiger partial charge in [0, 0.05) is 5.56 Å². The molecule has 2 aromatic rings. The molecular formula is C17H14Br2O3. The Hall–Kier alpha value is -1.33. The number of carbonyl (C=O) groups is 1. The number of hydrogen-bond donors (Lipinski definition) is 0. The lowest BCUT2D eigenvalue weighted by atomic mass is 10.0. The SMILES string of the molecule is O=C(c1ccc2c(c1)OCCO2)[C@@H](Br)[C@H](Br)c1ccccc1. The zero-order valence-corrected chi connectivity index (χ0v) is 14.8. The molecule has 2 atom stereocenters. The molecule has 3 nitrogen and oxygen atoms in total. The van der Waals surface area contributed by atoms with Gasteiger partial charge in [-0.25, -0.2) is 0 Å². The summed E-state index contributed by atoms with van der Waals surface area (Å²) in [6.45, 7) is 1.05. The highest BCUT2D eigenvalue weighted by molar-refractivity contribution is 9.12. The van der Waals surface area contributed by atoms with Crippen LogP contribution in [-0.2, 0) is 0 Å². The summed E-state index contributed by atoms with van der Waals surface area (Å²) in [6.07, 6.45) is 0. The minimum absolute atomic E-state index is 0.00250. The van der Waals surface area contributed by atoms with E-state index in [1.165, 1.54) is 0 Å². The van der Waals surface area contributed by atoms with E-state index in [-0.39, 0.29) is 15.4 Å². The van der Waals surface area contributed by atoms with Crippen LogP contribution in [0.3, 0.4) is 0 Å². The fourth-order valence-corrected chi connectivity index (χ4v) is 3.41. The molecule has 0 radical (unpaired) electrons. The van der Waals surface area contributed by atoms with Crippen molar-refractivity contribution < 1.29 is 14.3 Å². The molecule has 1 heterocycles. The Labute approximate surface area is 145 Å². The minimum atomic E-state index is -0.363. The van der Waals surface area contributed by atoms with Crippen molar-refractivity contribution in [3.8, 4) is 11.5 Å². The standard InChI is InChI=1S/C17H14Br2O3/c18-15(11-4-2-1-3-5-11)16(19)17(20)12-6-7-13-14(10-12)22-9-8-21-13/h1-7,10,15-16H,8-9H2/t15-,16+/m1/s1. The van der Waals surface area contributed by atoms with Crippen LogP contribution in [0.5, 0.6) is 11.5 Å². The van der Waals surface area contributed by atoms with Gasteiger partial charge < -0.3 is 9.47 Å². The van der Waals surface area contributed by atoms with E-state index in [0.29, 0.717) is 30.3 Å². The minimum Gasteiger partial charge on any atom is -0.486 e. The molecule has 0 unspecified atom stereocenters. The van der Waals surface area contributed by atoms with Gasteiger partial charge in [-0.15, -0.1) is 0 Å². The number of rotatable bonds is 4. The summed E-state index contributed by atoms with van der Waals surface area (Å²) in [6, 6.07) is 15.2. The molecule has 0 aliphatic carbocycles. The molecule has 5 heteroatoms. The Balaban J connectivity index is 1.81. The molecule has 0 saturated heterocycles. The van der Waals surface area contributed by atoms with Crippen LogP contribution >= 0.6 is 31.9 Å². The van der Waals surface area contributed by atoms with Crippen LogP contribution in [0.4, 0.5) is 0 Å². The van der Waals surface area contributed by atoms with Gasteiger partial charge in [0.25, 0.3) is 0 Å². The van der Waals surface area contributed by atoms with Crippen LogP contribution in [0, 0.1) is 0 Å². The summed E-state index contributed by atoms with van der Waals surface area (Å²) in [7, 11) is 0. The Morgan fingerprint density at radius 1 is 0.955 bits per heavy atom. The summed E-state index contributed by atoms with van der Waals surface area (Å²) in [5.74, 6) is 1.32. The molecule has 2 aromatic carbocycles. The second kappa shape index (κ2) is 6.84. The van der Waals surface area contributed by atoms with Gasteiger partial charge in [0.05, 0.1) is 9.65 Å². The van der Waals surface area contributed by atoms with Crippen LogP contribution in [0.1, 0.15) is 20.7 Å². The Morgan fingerprint density at radius 2 is 1.64 bits per heavy atom. The lowest BCUT2D eigenvalue weighted by molar-refractivity contribution is 0.0989. The number of halogens is 2. The van der Waals surface area contributed by atoms with Gasteiger partial charge in [-0.2, -0.15) is 0 Å². The van der Waals surface area contributed by atoms with E-state index in [0.717, 1.165) is 5.56 Å². The van der Waals surface area contributed by atoms with Crippen LogP contribution < -0.4 is 9.47 Å². The Bertz CT molecular complexity index is 673. The topological polar surface area (TPSA) is 35.5 Å². The molecule has 0 saturated carbocycles. The summed E-state index contributed by atoms with van der Waals surface area (Å²) >= 11 is 7.11. The second-order valence-corrected chi connectivity index (χ2v) is 6.91. The van der Waals surface area contributed by atoms with E-state index in [1.807, 2.05) is 30.3 Å². The Kier molecular flexibility index (Phi) is 4.84. The summed E-state index contributed by atoms with van der Waals surface area (Å²) < 4.78 is 11.0. The van der Waals surface area contributed by atoms with Gasteiger partial charge >= 0.3 is 0 Å². The third-order valence-electron chi connectivity index (χ3n) is 3.45. The molecule has 1 aliphatic rings. The van der Waals surface area contributed by atoms with Crippen LogP contribution in [0.25, 0.3) is 0 Å². The predicted molar refractivity (Wildman–Crippen MR) is 92.6 cm³/mol. The van der Waals surface area contributed by atoms with Crippen molar-refractivity contribution in [1.29, 1.82) is 0 Å². The first kappa shape index (κ1) is 15.6.